The number of hydrogen-bond acceptors (Lipinski definition) is 5. The van der Waals surface area contributed by atoms with Crippen molar-refractivity contribution in [2.75, 3.05) is 13.1 Å². The van der Waals surface area contributed by atoms with Crippen LogP contribution in [0.15, 0.2) is 54.6 Å². The molecule has 0 radical (unpaired) electrons. The molecule has 0 unspecified atom stereocenters. The molecule has 9 heteroatoms. The van der Waals surface area contributed by atoms with E-state index in [0.29, 0.717) is 0 Å². The lowest BCUT2D eigenvalue weighted by Gasteiger charge is -2.28. The SMILES string of the molecule is CC(C)CN(C[C@H](O)C(=O)O)C(=O)N[C@@H](Cc1ccc(-c2ccccc2)cc1)C(=O)NO. The van der Waals surface area contributed by atoms with Crippen LogP contribution in [0.3, 0.4) is 0 Å². The second kappa shape index (κ2) is 11.8. The Kier molecular flexibility index (Phi) is 9.18. The number of nitrogens with zero attached hydrogens (tertiary/aromatic N) is 1. The summed E-state index contributed by atoms with van der Waals surface area (Å²) in [4.78, 5) is 37.0. The molecule has 0 bridgehead atoms. The molecule has 2 aromatic carbocycles. The summed E-state index contributed by atoms with van der Waals surface area (Å²) in [5.74, 6) is -2.26. The average Bonchev–Trinajstić information content (AvgIpc) is 2.78. The van der Waals surface area contributed by atoms with E-state index < -0.39 is 36.6 Å². The summed E-state index contributed by atoms with van der Waals surface area (Å²) in [5.41, 5.74) is 4.33. The van der Waals surface area contributed by atoms with Gasteiger partial charge in [0, 0.05) is 13.0 Å². The topological polar surface area (TPSA) is 139 Å². The second-order valence-corrected chi connectivity index (χ2v) is 7.90. The van der Waals surface area contributed by atoms with Gasteiger partial charge in [-0.15, -0.1) is 0 Å². The quantitative estimate of drug-likeness (QED) is 0.281. The molecule has 3 amide bonds. The van der Waals surface area contributed by atoms with E-state index in [0.717, 1.165) is 21.6 Å². The summed E-state index contributed by atoms with van der Waals surface area (Å²) in [6, 6.07) is 15.4. The van der Waals surface area contributed by atoms with Gasteiger partial charge < -0.3 is 20.4 Å². The summed E-state index contributed by atoms with van der Waals surface area (Å²) in [6.07, 6.45) is -1.65. The maximum Gasteiger partial charge on any atom is 0.334 e. The highest BCUT2D eigenvalue weighted by Crippen LogP contribution is 2.19. The minimum atomic E-state index is -1.75. The molecule has 2 aromatic rings. The molecule has 0 aromatic heterocycles. The molecule has 172 valence electrons. The molecule has 2 rings (SSSR count). The fourth-order valence-corrected chi connectivity index (χ4v) is 3.20. The zero-order chi connectivity index (χ0) is 23.7. The standard InChI is InChI=1S/C23H29N3O6/c1-15(2)13-26(14-20(27)22(29)30)23(31)24-19(21(28)25-32)12-16-8-10-18(11-9-16)17-6-4-3-5-7-17/h3-11,15,19-20,27,32H,12-14H2,1-2H3,(H,24,31)(H,25,28)(H,29,30)/t19-,20-/m0/s1. The van der Waals surface area contributed by atoms with Gasteiger partial charge in [0.05, 0.1) is 6.54 Å². The number of carboxylic acid groups (broad SMARTS) is 1. The third kappa shape index (κ3) is 7.36. The van der Waals surface area contributed by atoms with Crippen LogP contribution in [0.2, 0.25) is 0 Å². The van der Waals surface area contributed by atoms with Crippen LogP contribution >= 0.6 is 0 Å². The molecule has 0 aliphatic carbocycles. The fraction of sp³-hybridized carbons (Fsp3) is 0.348. The van der Waals surface area contributed by atoms with E-state index in [1.54, 1.807) is 5.48 Å². The van der Waals surface area contributed by atoms with Crippen molar-refractivity contribution in [2.24, 2.45) is 5.92 Å². The molecule has 5 N–H and O–H groups in total. The van der Waals surface area contributed by atoms with Crippen LogP contribution in [0.25, 0.3) is 11.1 Å². The molecule has 0 heterocycles. The Morgan fingerprint density at radius 3 is 2.06 bits per heavy atom. The van der Waals surface area contributed by atoms with Gasteiger partial charge in [0.1, 0.15) is 6.04 Å². The van der Waals surface area contributed by atoms with Crippen LogP contribution in [0, 0.1) is 5.92 Å². The van der Waals surface area contributed by atoms with Crippen molar-refractivity contribution >= 4 is 17.9 Å². The third-order valence-corrected chi connectivity index (χ3v) is 4.78. The van der Waals surface area contributed by atoms with E-state index in [4.69, 9.17) is 10.3 Å². The van der Waals surface area contributed by atoms with Crippen molar-refractivity contribution in [2.45, 2.75) is 32.4 Å². The number of aliphatic hydroxyl groups excluding tert-OH is 1. The van der Waals surface area contributed by atoms with Crippen molar-refractivity contribution in [1.82, 2.24) is 15.7 Å². The number of benzene rings is 2. The van der Waals surface area contributed by atoms with Gasteiger partial charge in [0.2, 0.25) is 0 Å². The fourth-order valence-electron chi connectivity index (χ4n) is 3.20. The van der Waals surface area contributed by atoms with E-state index in [1.807, 2.05) is 68.4 Å². The molecule has 0 spiro atoms. The summed E-state index contributed by atoms with van der Waals surface area (Å²) < 4.78 is 0. The lowest BCUT2D eigenvalue weighted by atomic mass is 10.0. The number of nitrogens with one attached hydrogen (secondary N) is 2. The van der Waals surface area contributed by atoms with Gasteiger partial charge in [0.15, 0.2) is 6.10 Å². The Hall–Kier alpha value is -3.43. The van der Waals surface area contributed by atoms with Crippen molar-refractivity contribution in [1.29, 1.82) is 0 Å². The van der Waals surface area contributed by atoms with Gasteiger partial charge in [-0.2, -0.15) is 0 Å². The van der Waals surface area contributed by atoms with Gasteiger partial charge >= 0.3 is 12.0 Å². The second-order valence-electron chi connectivity index (χ2n) is 7.90. The molecule has 0 saturated carbocycles. The smallest absolute Gasteiger partial charge is 0.334 e. The Morgan fingerprint density at radius 2 is 1.53 bits per heavy atom. The largest absolute Gasteiger partial charge is 0.479 e. The molecule has 0 aliphatic rings. The molecule has 2 atom stereocenters. The number of hydroxylamine groups is 1. The minimum absolute atomic E-state index is 0.00241. The van der Waals surface area contributed by atoms with Gasteiger partial charge in [-0.1, -0.05) is 68.4 Å². The number of carbonyl (C=O) groups is 3. The Labute approximate surface area is 186 Å². The van der Waals surface area contributed by atoms with E-state index in [9.17, 15) is 19.5 Å². The van der Waals surface area contributed by atoms with Crippen molar-refractivity contribution < 1.29 is 29.8 Å². The first kappa shape index (κ1) is 24.8. The van der Waals surface area contributed by atoms with Gasteiger partial charge in [-0.3, -0.25) is 10.0 Å². The van der Waals surface area contributed by atoms with Gasteiger partial charge in [0.25, 0.3) is 5.91 Å². The Morgan fingerprint density at radius 1 is 0.938 bits per heavy atom. The number of carbonyl (C=O) groups excluding carboxylic acids is 2. The van der Waals surface area contributed by atoms with Crippen LogP contribution in [0.4, 0.5) is 4.79 Å². The van der Waals surface area contributed by atoms with Gasteiger partial charge in [-0.25, -0.2) is 15.1 Å². The summed E-state index contributed by atoms with van der Waals surface area (Å²) in [6.45, 7) is 3.41. The number of urea groups is 1. The average molecular weight is 444 g/mol. The van der Waals surface area contributed by atoms with E-state index >= 15 is 0 Å². The Balaban J connectivity index is 2.13. The number of aliphatic hydroxyl groups is 1. The number of aliphatic carboxylic acids is 1. The molecule has 9 nitrogen and oxygen atoms in total. The number of carboxylic acids is 1. The summed E-state index contributed by atoms with van der Waals surface area (Å²) in [7, 11) is 0. The lowest BCUT2D eigenvalue weighted by Crippen LogP contribution is -2.54. The summed E-state index contributed by atoms with van der Waals surface area (Å²) in [5, 5.41) is 30.2. The highest BCUT2D eigenvalue weighted by molar-refractivity contribution is 5.87. The van der Waals surface area contributed by atoms with E-state index in [1.165, 1.54) is 0 Å². The van der Waals surface area contributed by atoms with Crippen molar-refractivity contribution in [3.63, 3.8) is 0 Å². The van der Waals surface area contributed by atoms with Crippen LogP contribution < -0.4 is 10.8 Å². The zero-order valence-electron chi connectivity index (χ0n) is 18.1. The molecule has 0 aliphatic heterocycles. The first-order valence-electron chi connectivity index (χ1n) is 10.3. The first-order chi connectivity index (χ1) is 15.2. The van der Waals surface area contributed by atoms with Crippen molar-refractivity contribution in [3.8, 4) is 11.1 Å². The first-order valence-corrected chi connectivity index (χ1v) is 10.3. The molecule has 0 fully saturated rings. The predicted octanol–water partition coefficient (Wildman–Crippen LogP) is 1.88. The van der Waals surface area contributed by atoms with E-state index in [-0.39, 0.29) is 18.9 Å². The van der Waals surface area contributed by atoms with Crippen LogP contribution in [-0.2, 0) is 16.0 Å². The zero-order valence-corrected chi connectivity index (χ0v) is 18.1. The maximum absolute atomic E-state index is 12.7. The van der Waals surface area contributed by atoms with E-state index in [2.05, 4.69) is 5.32 Å². The van der Waals surface area contributed by atoms with Crippen LogP contribution in [0.1, 0.15) is 19.4 Å². The Bertz CT molecular complexity index is 902. The number of hydrogen-bond donors (Lipinski definition) is 5. The van der Waals surface area contributed by atoms with Crippen molar-refractivity contribution in [3.05, 3.63) is 60.2 Å². The summed E-state index contributed by atoms with van der Waals surface area (Å²) >= 11 is 0. The third-order valence-electron chi connectivity index (χ3n) is 4.78. The number of rotatable bonds is 10. The number of amides is 3. The highest BCUT2D eigenvalue weighted by Gasteiger charge is 2.27. The monoisotopic (exact) mass is 443 g/mol. The highest BCUT2D eigenvalue weighted by atomic mass is 16.5. The lowest BCUT2D eigenvalue weighted by molar-refractivity contribution is -0.147. The normalized spacial score (nSPS) is 12.7. The predicted molar refractivity (Wildman–Crippen MR) is 118 cm³/mol. The minimum Gasteiger partial charge on any atom is -0.479 e. The molecule has 32 heavy (non-hydrogen) atoms. The molecular formula is C23H29N3O6. The molecular weight excluding hydrogens is 414 g/mol. The maximum atomic E-state index is 12.7. The van der Waals surface area contributed by atoms with Gasteiger partial charge in [-0.05, 0) is 22.6 Å². The van der Waals surface area contributed by atoms with Crippen LogP contribution in [-0.4, -0.2) is 63.5 Å². The van der Waals surface area contributed by atoms with Crippen LogP contribution in [0.5, 0.6) is 0 Å². The molecule has 0 saturated heterocycles.